The lowest BCUT2D eigenvalue weighted by Gasteiger charge is -2.41. The number of carbonyl (C=O) groups is 6. The lowest BCUT2D eigenvalue weighted by Crippen LogP contribution is -2.39. The average Bonchev–Trinajstić information content (AvgIpc) is 3.41. The van der Waals surface area contributed by atoms with Gasteiger partial charge >= 0.3 is 36.1 Å². The summed E-state index contributed by atoms with van der Waals surface area (Å²) >= 11 is 0. The number of alkyl carbamates (subject to hydrolysis) is 2. The van der Waals surface area contributed by atoms with Crippen molar-refractivity contribution in [3.05, 3.63) is 48.6 Å². The van der Waals surface area contributed by atoms with Gasteiger partial charge in [0, 0.05) is 40.8 Å². The van der Waals surface area contributed by atoms with E-state index < -0.39 is 48.3 Å². The third-order valence-electron chi connectivity index (χ3n) is 12.1. The number of rotatable bonds is 26. The van der Waals surface area contributed by atoms with Gasteiger partial charge in [-0.2, -0.15) is 0 Å². The standard InChI is InChI=1S/C44H64N2O14/c1-27(2)36(47)55-16-10-14-45-40(51)59-31(22-57-38(49)29(5)6)20-53-25-42(9)13-12-34-33(18-42)35-19-43(34)24-44(35,43)26-54-21-32(23-58-39(50)30(7)8)60-41(52)46-15-11-17-56-37(48)28(3)4/h31-35H,1,3,5,7,10-26H2,2,4,6,8-9H3,(H,45,51)(H,46,52). The van der Waals surface area contributed by atoms with Gasteiger partial charge in [-0.15, -0.1) is 0 Å². The molecule has 2 amide bonds. The first-order chi connectivity index (χ1) is 28.3. The van der Waals surface area contributed by atoms with Crippen LogP contribution in [0.4, 0.5) is 9.59 Å². The zero-order valence-electron chi connectivity index (χ0n) is 36.0. The molecule has 2 N–H and O–H groups in total. The molecule has 334 valence electrons. The molecule has 4 fully saturated rings. The Hall–Kier alpha value is -4.70. The van der Waals surface area contributed by atoms with E-state index in [0.717, 1.165) is 32.1 Å². The highest BCUT2D eigenvalue weighted by Gasteiger charge is 2.88. The van der Waals surface area contributed by atoms with Gasteiger partial charge in [0.1, 0.15) is 13.2 Å². The Morgan fingerprint density at radius 1 is 0.617 bits per heavy atom. The molecule has 0 aliphatic heterocycles. The second-order valence-electron chi connectivity index (χ2n) is 17.4. The van der Waals surface area contributed by atoms with Crippen LogP contribution >= 0.6 is 0 Å². The van der Waals surface area contributed by atoms with Crippen molar-refractivity contribution in [3.8, 4) is 0 Å². The zero-order valence-corrected chi connectivity index (χ0v) is 36.0. The van der Waals surface area contributed by atoms with E-state index in [2.05, 4.69) is 43.9 Å². The molecule has 2 bridgehead atoms. The van der Waals surface area contributed by atoms with Crippen molar-refractivity contribution < 1.29 is 66.7 Å². The molecule has 4 saturated carbocycles. The fraction of sp³-hybridized carbons (Fsp3) is 0.682. The van der Waals surface area contributed by atoms with E-state index in [4.69, 9.17) is 37.9 Å². The van der Waals surface area contributed by atoms with Crippen molar-refractivity contribution in [2.75, 3.05) is 65.9 Å². The Bertz CT molecular complexity index is 1680. The summed E-state index contributed by atoms with van der Waals surface area (Å²) < 4.78 is 44.3. The molecular formula is C44H64N2O14. The fourth-order valence-electron chi connectivity index (χ4n) is 9.15. The number of nitrogens with one attached hydrogen (secondary N) is 2. The Labute approximate surface area is 353 Å². The molecule has 4 aliphatic carbocycles. The quantitative estimate of drug-likeness (QED) is 0.0492. The van der Waals surface area contributed by atoms with E-state index >= 15 is 0 Å². The largest absolute Gasteiger partial charge is 0.462 e. The van der Waals surface area contributed by atoms with Crippen molar-refractivity contribution in [1.82, 2.24) is 10.6 Å². The molecule has 16 nitrogen and oxygen atoms in total. The van der Waals surface area contributed by atoms with Gasteiger partial charge < -0.3 is 48.5 Å². The Kier molecular flexibility index (Phi) is 17.0. The smallest absolute Gasteiger partial charge is 0.407 e. The normalized spacial score (nSPS) is 26.2. The van der Waals surface area contributed by atoms with Crippen molar-refractivity contribution in [2.45, 2.75) is 91.8 Å². The molecule has 8 unspecified atom stereocenters. The second kappa shape index (κ2) is 21.2. The summed E-state index contributed by atoms with van der Waals surface area (Å²) in [5.74, 6) is -0.596. The molecule has 0 aromatic heterocycles. The third-order valence-corrected chi connectivity index (χ3v) is 12.1. The number of hydrogen-bond donors (Lipinski definition) is 2. The van der Waals surface area contributed by atoms with Crippen LogP contribution in [0, 0.1) is 34.0 Å². The van der Waals surface area contributed by atoms with E-state index in [1.54, 1.807) is 13.8 Å². The van der Waals surface area contributed by atoms with Crippen molar-refractivity contribution in [2.24, 2.45) is 34.0 Å². The molecule has 60 heavy (non-hydrogen) atoms. The van der Waals surface area contributed by atoms with Gasteiger partial charge in [-0.1, -0.05) is 33.2 Å². The molecule has 0 spiro atoms. The first kappa shape index (κ1) is 48.0. The van der Waals surface area contributed by atoms with Crippen LogP contribution in [-0.2, 0) is 57.1 Å². The molecule has 0 heterocycles. The van der Waals surface area contributed by atoms with Crippen LogP contribution in [0.5, 0.6) is 0 Å². The lowest BCUT2D eigenvalue weighted by molar-refractivity contribution is -0.144. The molecule has 16 heteroatoms. The highest BCUT2D eigenvalue weighted by atomic mass is 16.6. The predicted molar refractivity (Wildman–Crippen MR) is 217 cm³/mol. The van der Waals surface area contributed by atoms with Crippen LogP contribution in [0.2, 0.25) is 0 Å². The SMILES string of the molecule is C=C(C)C(=O)OCCCNC(=O)OC(COCC1(C)CCC2C(C1)C1CC23CC13COCC(COC(=O)C(=C)C)OC(=O)NCCCOC(=O)C(=C)C)COC(=O)C(=C)C. The second-order valence-corrected chi connectivity index (χ2v) is 17.4. The summed E-state index contributed by atoms with van der Waals surface area (Å²) in [6.45, 7) is 23.9. The molecule has 4 rings (SSSR count). The first-order valence-electron chi connectivity index (χ1n) is 20.7. The number of amides is 2. The van der Waals surface area contributed by atoms with Gasteiger partial charge in [0.05, 0.1) is 39.6 Å². The van der Waals surface area contributed by atoms with Crippen LogP contribution in [0.3, 0.4) is 0 Å². The maximum atomic E-state index is 12.6. The minimum absolute atomic E-state index is 0.0236. The molecule has 0 aromatic rings. The number of carbonyl (C=O) groups excluding carboxylic acids is 6. The van der Waals surface area contributed by atoms with Crippen LogP contribution in [0.1, 0.15) is 79.6 Å². The van der Waals surface area contributed by atoms with Gasteiger partial charge in [0.2, 0.25) is 0 Å². The Morgan fingerprint density at radius 3 is 1.53 bits per heavy atom. The highest BCUT2D eigenvalue weighted by Crippen LogP contribution is 2.93. The third kappa shape index (κ3) is 12.4. The molecule has 0 aromatic carbocycles. The average molecular weight is 845 g/mol. The van der Waals surface area contributed by atoms with E-state index in [9.17, 15) is 28.8 Å². The number of ether oxygens (including phenoxy) is 8. The van der Waals surface area contributed by atoms with Crippen LogP contribution in [0.25, 0.3) is 0 Å². The predicted octanol–water partition coefficient (Wildman–Crippen LogP) is 5.30. The van der Waals surface area contributed by atoms with Gasteiger partial charge in [0.25, 0.3) is 0 Å². The topological polar surface area (TPSA) is 200 Å². The molecule has 4 aliphatic rings. The van der Waals surface area contributed by atoms with Gasteiger partial charge in [-0.3, -0.25) is 0 Å². The lowest BCUT2D eigenvalue weighted by atomic mass is 9.66. The van der Waals surface area contributed by atoms with Crippen LogP contribution < -0.4 is 10.6 Å². The maximum Gasteiger partial charge on any atom is 0.407 e. The van der Waals surface area contributed by atoms with Gasteiger partial charge in [-0.25, -0.2) is 28.8 Å². The first-order valence-corrected chi connectivity index (χ1v) is 20.7. The molecule has 0 radical (unpaired) electrons. The zero-order chi connectivity index (χ0) is 44.3. The monoisotopic (exact) mass is 844 g/mol. The minimum atomic E-state index is -0.859. The van der Waals surface area contributed by atoms with Gasteiger partial charge in [0.15, 0.2) is 12.2 Å². The number of esters is 4. The van der Waals surface area contributed by atoms with E-state index in [-0.39, 0.29) is 85.7 Å². The molecule has 0 saturated heterocycles. The number of hydrogen-bond acceptors (Lipinski definition) is 14. The molecular weight excluding hydrogens is 780 g/mol. The van der Waals surface area contributed by atoms with Crippen molar-refractivity contribution in [1.29, 1.82) is 0 Å². The molecule has 8 atom stereocenters. The summed E-state index contributed by atoms with van der Waals surface area (Å²) in [5.41, 5.74) is 1.24. The van der Waals surface area contributed by atoms with Crippen LogP contribution in [-0.4, -0.2) is 114 Å². The van der Waals surface area contributed by atoms with Crippen LogP contribution in [0.15, 0.2) is 48.6 Å². The highest BCUT2D eigenvalue weighted by molar-refractivity contribution is 5.88. The van der Waals surface area contributed by atoms with E-state index in [1.807, 2.05) is 0 Å². The summed E-state index contributed by atoms with van der Waals surface area (Å²) in [6, 6.07) is 0. The summed E-state index contributed by atoms with van der Waals surface area (Å²) in [4.78, 5) is 72.6. The van der Waals surface area contributed by atoms with Gasteiger partial charge in [-0.05, 0) is 101 Å². The Balaban J connectivity index is 1.24. The van der Waals surface area contributed by atoms with Crippen molar-refractivity contribution >= 4 is 36.1 Å². The summed E-state index contributed by atoms with van der Waals surface area (Å²) in [7, 11) is 0. The maximum absolute atomic E-state index is 12.6. The van der Waals surface area contributed by atoms with E-state index in [0.29, 0.717) is 49.4 Å². The number of fused-ring (bicyclic) bond motifs is 2. The Morgan fingerprint density at radius 2 is 1.07 bits per heavy atom. The summed E-state index contributed by atoms with van der Waals surface area (Å²) in [6.07, 6.45) is 2.92. The van der Waals surface area contributed by atoms with E-state index in [1.165, 1.54) is 13.8 Å². The fourth-order valence-corrected chi connectivity index (χ4v) is 9.15. The summed E-state index contributed by atoms with van der Waals surface area (Å²) in [5, 5.41) is 5.25. The van der Waals surface area contributed by atoms with Crippen molar-refractivity contribution in [3.63, 3.8) is 0 Å². The minimum Gasteiger partial charge on any atom is -0.462 e.